The summed E-state index contributed by atoms with van der Waals surface area (Å²) < 4.78 is 0. The molecule has 6 nitrogen and oxygen atoms in total. The lowest BCUT2D eigenvalue weighted by Gasteiger charge is -2.32. The summed E-state index contributed by atoms with van der Waals surface area (Å²) in [6, 6.07) is 0. The predicted molar refractivity (Wildman–Crippen MR) is 65.6 cm³/mol. The standard InChI is InChI=1S/C12H21N3O3/c1-12(2)8(9(12)11(17)18)10(16)13-15-6-4-14(3)5-7-15/h8-9H,4-7H2,1-3H3,(H,13,16)(H,17,18)/t8-,9+/m1/s1. The van der Waals surface area contributed by atoms with Crippen LogP contribution in [0.2, 0.25) is 0 Å². The number of hydrogen-bond acceptors (Lipinski definition) is 4. The number of carbonyl (C=O) groups is 2. The number of carboxylic acid groups (broad SMARTS) is 1. The Labute approximate surface area is 107 Å². The van der Waals surface area contributed by atoms with Crippen LogP contribution in [0.3, 0.4) is 0 Å². The Morgan fingerprint density at radius 3 is 2.17 bits per heavy atom. The molecule has 1 aliphatic heterocycles. The van der Waals surface area contributed by atoms with Gasteiger partial charge in [-0.3, -0.25) is 15.0 Å². The van der Waals surface area contributed by atoms with Crippen molar-refractivity contribution in [1.29, 1.82) is 0 Å². The van der Waals surface area contributed by atoms with Gasteiger partial charge >= 0.3 is 5.97 Å². The van der Waals surface area contributed by atoms with Gasteiger partial charge in [0, 0.05) is 26.2 Å². The number of hydrogen-bond donors (Lipinski definition) is 2. The molecule has 0 aromatic heterocycles. The molecule has 1 saturated heterocycles. The molecule has 1 aliphatic carbocycles. The van der Waals surface area contributed by atoms with Crippen LogP contribution in [0.1, 0.15) is 13.8 Å². The van der Waals surface area contributed by atoms with Crippen LogP contribution in [-0.2, 0) is 9.59 Å². The Morgan fingerprint density at radius 1 is 1.17 bits per heavy atom. The normalized spacial score (nSPS) is 31.9. The van der Waals surface area contributed by atoms with E-state index >= 15 is 0 Å². The highest BCUT2D eigenvalue weighted by Gasteiger charge is 2.66. The summed E-state index contributed by atoms with van der Waals surface area (Å²) in [4.78, 5) is 25.3. The Kier molecular flexibility index (Phi) is 3.33. The molecule has 0 bridgehead atoms. The molecule has 0 unspecified atom stereocenters. The van der Waals surface area contributed by atoms with E-state index in [1.807, 2.05) is 25.9 Å². The lowest BCUT2D eigenvalue weighted by atomic mass is 10.1. The van der Waals surface area contributed by atoms with Gasteiger partial charge in [0.25, 0.3) is 0 Å². The fourth-order valence-corrected chi connectivity index (χ4v) is 2.73. The van der Waals surface area contributed by atoms with Crippen molar-refractivity contribution in [3.8, 4) is 0 Å². The van der Waals surface area contributed by atoms with E-state index < -0.39 is 23.2 Å². The van der Waals surface area contributed by atoms with Gasteiger partial charge < -0.3 is 10.0 Å². The van der Waals surface area contributed by atoms with Crippen molar-refractivity contribution < 1.29 is 14.7 Å². The summed E-state index contributed by atoms with van der Waals surface area (Å²) in [5.41, 5.74) is 2.42. The van der Waals surface area contributed by atoms with Gasteiger partial charge in [-0.2, -0.15) is 0 Å². The minimum atomic E-state index is -0.876. The highest BCUT2D eigenvalue weighted by atomic mass is 16.4. The molecule has 2 rings (SSSR count). The Hall–Kier alpha value is -1.14. The van der Waals surface area contributed by atoms with Gasteiger partial charge in [0.2, 0.25) is 5.91 Å². The molecule has 2 aliphatic rings. The second-order valence-electron chi connectivity index (χ2n) is 5.88. The van der Waals surface area contributed by atoms with Gasteiger partial charge in [-0.25, -0.2) is 5.01 Å². The summed E-state index contributed by atoms with van der Waals surface area (Å²) in [6.07, 6.45) is 0. The number of nitrogens with zero attached hydrogens (tertiary/aromatic N) is 2. The number of likely N-dealkylation sites (N-methyl/N-ethyl adjacent to an activating group) is 1. The molecule has 1 heterocycles. The molecule has 2 atom stereocenters. The Bertz CT molecular complexity index is 362. The number of piperazine rings is 1. The minimum Gasteiger partial charge on any atom is -0.481 e. The minimum absolute atomic E-state index is 0.156. The van der Waals surface area contributed by atoms with E-state index in [0.29, 0.717) is 0 Å². The van der Waals surface area contributed by atoms with Crippen molar-refractivity contribution in [3.05, 3.63) is 0 Å². The zero-order valence-corrected chi connectivity index (χ0v) is 11.1. The summed E-state index contributed by atoms with van der Waals surface area (Å²) in [6.45, 7) is 7.06. The second-order valence-corrected chi connectivity index (χ2v) is 5.88. The van der Waals surface area contributed by atoms with E-state index in [-0.39, 0.29) is 5.91 Å². The van der Waals surface area contributed by atoms with Crippen molar-refractivity contribution in [3.63, 3.8) is 0 Å². The molecule has 6 heteroatoms. The molecule has 0 aromatic carbocycles. The molecule has 18 heavy (non-hydrogen) atoms. The van der Waals surface area contributed by atoms with Gasteiger partial charge in [-0.1, -0.05) is 13.8 Å². The molecule has 1 saturated carbocycles. The van der Waals surface area contributed by atoms with E-state index in [1.54, 1.807) is 0 Å². The summed E-state index contributed by atoms with van der Waals surface area (Å²) in [5, 5.41) is 10.9. The van der Waals surface area contributed by atoms with E-state index in [2.05, 4.69) is 10.3 Å². The maximum Gasteiger partial charge on any atom is 0.307 e. The fourth-order valence-electron chi connectivity index (χ4n) is 2.73. The van der Waals surface area contributed by atoms with Gasteiger partial charge in [-0.15, -0.1) is 0 Å². The average Bonchev–Trinajstić information content (AvgIpc) is 2.85. The van der Waals surface area contributed by atoms with Crippen LogP contribution in [-0.4, -0.2) is 60.1 Å². The quantitative estimate of drug-likeness (QED) is 0.719. The van der Waals surface area contributed by atoms with Crippen LogP contribution in [0.4, 0.5) is 0 Å². The topological polar surface area (TPSA) is 72.9 Å². The number of aliphatic carboxylic acids is 1. The zero-order valence-electron chi connectivity index (χ0n) is 11.1. The third-order valence-electron chi connectivity index (χ3n) is 4.15. The summed E-state index contributed by atoms with van der Waals surface area (Å²) >= 11 is 0. The van der Waals surface area contributed by atoms with Crippen LogP contribution in [0, 0.1) is 17.3 Å². The lowest BCUT2D eigenvalue weighted by Crippen LogP contribution is -2.53. The second kappa shape index (κ2) is 4.51. The van der Waals surface area contributed by atoms with Crippen LogP contribution in [0.5, 0.6) is 0 Å². The first-order chi connectivity index (χ1) is 8.34. The summed E-state index contributed by atoms with van der Waals surface area (Å²) in [7, 11) is 2.05. The highest BCUT2D eigenvalue weighted by molar-refractivity contribution is 5.91. The van der Waals surface area contributed by atoms with Crippen molar-refractivity contribution >= 4 is 11.9 Å². The number of carbonyl (C=O) groups excluding carboxylic acids is 1. The zero-order chi connectivity index (χ0) is 13.5. The van der Waals surface area contributed by atoms with Crippen LogP contribution >= 0.6 is 0 Å². The van der Waals surface area contributed by atoms with Crippen molar-refractivity contribution in [2.24, 2.45) is 17.3 Å². The SMILES string of the molecule is CN1CCN(NC(=O)[C@H]2[C@@H](C(=O)O)C2(C)C)CC1. The first-order valence-corrected chi connectivity index (χ1v) is 6.31. The number of rotatable bonds is 3. The molecule has 1 amide bonds. The van der Waals surface area contributed by atoms with Crippen LogP contribution < -0.4 is 5.43 Å². The van der Waals surface area contributed by atoms with E-state index in [0.717, 1.165) is 26.2 Å². The molecule has 2 N–H and O–H groups in total. The highest BCUT2D eigenvalue weighted by Crippen LogP contribution is 2.58. The molecular formula is C12H21N3O3. The number of nitrogens with one attached hydrogen (secondary N) is 1. The van der Waals surface area contributed by atoms with Gasteiger partial charge in [0.1, 0.15) is 0 Å². The van der Waals surface area contributed by atoms with E-state index in [4.69, 9.17) is 5.11 Å². The molecule has 102 valence electrons. The van der Waals surface area contributed by atoms with Gasteiger partial charge in [-0.05, 0) is 12.5 Å². The number of carboxylic acids is 1. The predicted octanol–water partition coefficient (Wildman–Crippen LogP) is -0.378. The smallest absolute Gasteiger partial charge is 0.307 e. The van der Waals surface area contributed by atoms with Crippen LogP contribution in [0.15, 0.2) is 0 Å². The molecule has 2 fully saturated rings. The van der Waals surface area contributed by atoms with E-state index in [9.17, 15) is 9.59 Å². The van der Waals surface area contributed by atoms with Gasteiger partial charge in [0.05, 0.1) is 11.8 Å². The number of amides is 1. The van der Waals surface area contributed by atoms with Gasteiger partial charge in [0.15, 0.2) is 0 Å². The lowest BCUT2D eigenvalue weighted by molar-refractivity contribution is -0.141. The fraction of sp³-hybridized carbons (Fsp3) is 0.833. The largest absolute Gasteiger partial charge is 0.481 e. The molecule has 0 spiro atoms. The Balaban J connectivity index is 1.88. The third kappa shape index (κ3) is 2.35. The summed E-state index contributed by atoms with van der Waals surface area (Å²) in [5.74, 6) is -1.99. The Morgan fingerprint density at radius 2 is 1.72 bits per heavy atom. The first kappa shape index (κ1) is 13.3. The maximum atomic E-state index is 12.1. The third-order valence-corrected chi connectivity index (χ3v) is 4.15. The maximum absolute atomic E-state index is 12.1. The van der Waals surface area contributed by atoms with E-state index in [1.165, 1.54) is 0 Å². The van der Waals surface area contributed by atoms with Crippen LogP contribution in [0.25, 0.3) is 0 Å². The average molecular weight is 255 g/mol. The molecule has 0 radical (unpaired) electrons. The molecule has 0 aromatic rings. The van der Waals surface area contributed by atoms with Crippen molar-refractivity contribution in [2.75, 3.05) is 33.2 Å². The monoisotopic (exact) mass is 255 g/mol. The number of hydrazine groups is 1. The van der Waals surface area contributed by atoms with Crippen molar-refractivity contribution in [2.45, 2.75) is 13.8 Å². The molecular weight excluding hydrogens is 234 g/mol. The van der Waals surface area contributed by atoms with Crippen molar-refractivity contribution in [1.82, 2.24) is 15.3 Å². The first-order valence-electron chi connectivity index (χ1n) is 6.31.